The van der Waals surface area contributed by atoms with Gasteiger partial charge in [0.15, 0.2) is 0 Å². The first-order chi connectivity index (χ1) is 16.0. The molecule has 0 radical (unpaired) electrons. The maximum Gasteiger partial charge on any atom is 0.407 e. The van der Waals surface area contributed by atoms with Gasteiger partial charge in [0.25, 0.3) is 0 Å². The summed E-state index contributed by atoms with van der Waals surface area (Å²) in [6, 6.07) is 15.1. The van der Waals surface area contributed by atoms with Gasteiger partial charge in [-0.3, -0.25) is 9.59 Å². The molecule has 2 atom stereocenters. The van der Waals surface area contributed by atoms with Crippen molar-refractivity contribution in [2.24, 2.45) is 5.92 Å². The number of piperidine rings is 1. The molecule has 7 nitrogen and oxygen atoms in total. The van der Waals surface area contributed by atoms with Crippen molar-refractivity contribution in [3.05, 3.63) is 59.7 Å². The monoisotopic (exact) mass is 446 g/mol. The Morgan fingerprint density at radius 1 is 1.12 bits per heavy atom. The molecule has 4 rings (SSSR count). The van der Waals surface area contributed by atoms with Crippen LogP contribution in [0.4, 0.5) is 4.79 Å². The first kappa shape index (κ1) is 22.4. The van der Waals surface area contributed by atoms with Crippen LogP contribution in [0.25, 0.3) is 11.1 Å². The van der Waals surface area contributed by atoms with E-state index in [2.05, 4.69) is 23.4 Å². The average molecular weight is 447 g/mol. The number of aliphatic carboxylic acids is 1. The van der Waals surface area contributed by atoms with Crippen LogP contribution < -0.4 is 5.32 Å². The summed E-state index contributed by atoms with van der Waals surface area (Å²) < 4.78 is 5.53. The van der Waals surface area contributed by atoms with Gasteiger partial charge in [-0.2, -0.15) is 0 Å². The van der Waals surface area contributed by atoms with E-state index in [0.717, 1.165) is 22.3 Å². The number of likely N-dealkylation sites (tertiary alicyclic amines) is 1. The molecule has 1 unspecified atom stereocenters. The van der Waals surface area contributed by atoms with E-state index in [1.54, 1.807) is 0 Å². The number of terminal acetylenes is 1. The minimum Gasteiger partial charge on any atom is -0.481 e. The van der Waals surface area contributed by atoms with Crippen LogP contribution in [0, 0.1) is 18.3 Å². The minimum absolute atomic E-state index is 0.00271. The number of rotatable bonds is 6. The Balaban J connectivity index is 1.40. The number of nitrogens with zero attached hydrogens (tertiary/aromatic N) is 1. The van der Waals surface area contributed by atoms with Crippen molar-refractivity contribution >= 4 is 18.0 Å². The van der Waals surface area contributed by atoms with Gasteiger partial charge in [-0.1, -0.05) is 48.5 Å². The molecule has 1 fully saturated rings. The fourth-order valence-electron chi connectivity index (χ4n) is 4.70. The zero-order chi connectivity index (χ0) is 23.4. The third kappa shape index (κ3) is 4.70. The number of carboxylic acid groups (broad SMARTS) is 1. The van der Waals surface area contributed by atoms with Crippen LogP contribution in [0.15, 0.2) is 48.5 Å². The number of ether oxygens (including phenoxy) is 1. The zero-order valence-electron chi connectivity index (χ0n) is 18.2. The van der Waals surface area contributed by atoms with Crippen LogP contribution in [0.5, 0.6) is 0 Å². The van der Waals surface area contributed by atoms with Crippen molar-refractivity contribution in [2.45, 2.75) is 31.2 Å². The van der Waals surface area contributed by atoms with Crippen molar-refractivity contribution < 1.29 is 24.2 Å². The number of nitrogens with one attached hydrogen (secondary N) is 1. The van der Waals surface area contributed by atoms with E-state index < -0.39 is 24.0 Å². The van der Waals surface area contributed by atoms with Crippen LogP contribution in [0.1, 0.15) is 36.3 Å². The van der Waals surface area contributed by atoms with Gasteiger partial charge in [-0.15, -0.1) is 12.3 Å². The van der Waals surface area contributed by atoms with Crippen LogP contribution in [-0.4, -0.2) is 53.7 Å². The molecule has 1 aliphatic heterocycles. The second-order valence-corrected chi connectivity index (χ2v) is 8.39. The highest BCUT2D eigenvalue weighted by Crippen LogP contribution is 2.44. The number of carbonyl (C=O) groups excluding carboxylic acids is 2. The number of fused-ring (bicyclic) bond motifs is 3. The van der Waals surface area contributed by atoms with Gasteiger partial charge in [-0.25, -0.2) is 4.79 Å². The van der Waals surface area contributed by atoms with Gasteiger partial charge in [0.1, 0.15) is 12.6 Å². The highest BCUT2D eigenvalue weighted by atomic mass is 16.5. The lowest BCUT2D eigenvalue weighted by Gasteiger charge is -2.33. The molecule has 1 heterocycles. The summed E-state index contributed by atoms with van der Waals surface area (Å²) in [5.74, 6) is 0.407. The third-order valence-electron chi connectivity index (χ3n) is 6.34. The number of carboxylic acids is 1. The lowest BCUT2D eigenvalue weighted by molar-refractivity contribution is -0.146. The SMILES string of the molecule is C#CCC(NC(=O)OCC1c2ccccc2-c2ccccc21)C(=O)N1CCC[C@H](C(=O)O)C1. The van der Waals surface area contributed by atoms with Gasteiger partial charge < -0.3 is 20.1 Å². The van der Waals surface area contributed by atoms with E-state index >= 15 is 0 Å². The normalized spacial score (nSPS) is 17.9. The standard InChI is InChI=1S/C26H26N2O5/c1-2-8-23(24(29)28-14-7-9-17(15-28)25(30)31)27-26(32)33-16-22-20-12-5-3-10-18(20)19-11-4-6-13-21(19)22/h1,3-6,10-13,17,22-23H,7-9,14-16H2,(H,27,32)(H,30,31)/t17-,23?/m0/s1. The Kier molecular flexibility index (Phi) is 6.64. The molecular weight excluding hydrogens is 420 g/mol. The van der Waals surface area contributed by atoms with E-state index in [1.807, 2.05) is 36.4 Å². The lowest BCUT2D eigenvalue weighted by atomic mass is 9.97. The molecule has 2 aromatic carbocycles. The van der Waals surface area contributed by atoms with Crippen molar-refractivity contribution in [1.82, 2.24) is 10.2 Å². The molecule has 170 valence electrons. The first-order valence-electron chi connectivity index (χ1n) is 11.1. The Labute approximate surface area is 192 Å². The zero-order valence-corrected chi connectivity index (χ0v) is 18.2. The van der Waals surface area contributed by atoms with Crippen LogP contribution in [-0.2, 0) is 14.3 Å². The van der Waals surface area contributed by atoms with Gasteiger partial charge >= 0.3 is 12.1 Å². The Morgan fingerprint density at radius 3 is 2.36 bits per heavy atom. The molecule has 1 aliphatic carbocycles. The Hall–Kier alpha value is -3.79. The second kappa shape index (κ2) is 9.78. The first-order valence-corrected chi connectivity index (χ1v) is 11.1. The smallest absolute Gasteiger partial charge is 0.407 e. The maximum absolute atomic E-state index is 12.9. The fourth-order valence-corrected chi connectivity index (χ4v) is 4.70. The van der Waals surface area contributed by atoms with Crippen molar-refractivity contribution in [2.75, 3.05) is 19.7 Å². The Morgan fingerprint density at radius 2 is 1.76 bits per heavy atom. The fraction of sp³-hybridized carbons (Fsp3) is 0.346. The molecular formula is C26H26N2O5. The van der Waals surface area contributed by atoms with Crippen LogP contribution >= 0.6 is 0 Å². The maximum atomic E-state index is 12.9. The number of hydrogen-bond donors (Lipinski definition) is 2. The quantitative estimate of drug-likeness (QED) is 0.664. The van der Waals surface area contributed by atoms with E-state index in [-0.39, 0.29) is 31.4 Å². The summed E-state index contributed by atoms with van der Waals surface area (Å²) in [4.78, 5) is 38.3. The van der Waals surface area contributed by atoms with Crippen LogP contribution in [0.2, 0.25) is 0 Å². The predicted molar refractivity (Wildman–Crippen MR) is 122 cm³/mol. The number of benzene rings is 2. The van der Waals surface area contributed by atoms with Crippen LogP contribution in [0.3, 0.4) is 0 Å². The summed E-state index contributed by atoms with van der Waals surface area (Å²) in [6.45, 7) is 0.680. The Bertz CT molecular complexity index is 1060. The molecule has 7 heteroatoms. The number of alkyl carbamates (subject to hydrolysis) is 1. The molecule has 2 amide bonds. The molecule has 0 aromatic heterocycles. The number of hydrogen-bond acceptors (Lipinski definition) is 4. The van der Waals surface area contributed by atoms with Gasteiger partial charge in [0.05, 0.1) is 5.92 Å². The highest BCUT2D eigenvalue weighted by Gasteiger charge is 2.33. The summed E-state index contributed by atoms with van der Waals surface area (Å²) in [7, 11) is 0. The molecule has 0 bridgehead atoms. The number of carbonyl (C=O) groups is 3. The largest absolute Gasteiger partial charge is 0.481 e. The van der Waals surface area contributed by atoms with Gasteiger partial charge in [0.2, 0.25) is 5.91 Å². The molecule has 0 saturated carbocycles. The average Bonchev–Trinajstić information content (AvgIpc) is 3.16. The summed E-state index contributed by atoms with van der Waals surface area (Å²) >= 11 is 0. The minimum atomic E-state index is -0.960. The molecule has 2 aliphatic rings. The second-order valence-electron chi connectivity index (χ2n) is 8.39. The van der Waals surface area contributed by atoms with E-state index in [4.69, 9.17) is 11.2 Å². The van der Waals surface area contributed by atoms with Crippen molar-refractivity contribution in [3.63, 3.8) is 0 Å². The topological polar surface area (TPSA) is 95.9 Å². The van der Waals surface area contributed by atoms with E-state index in [0.29, 0.717) is 19.4 Å². The van der Waals surface area contributed by atoms with E-state index in [9.17, 15) is 19.5 Å². The van der Waals surface area contributed by atoms with Gasteiger partial charge in [0, 0.05) is 25.4 Å². The highest BCUT2D eigenvalue weighted by molar-refractivity contribution is 5.87. The summed E-state index contributed by atoms with van der Waals surface area (Å²) in [5.41, 5.74) is 4.44. The predicted octanol–water partition coefficient (Wildman–Crippen LogP) is 3.24. The van der Waals surface area contributed by atoms with Gasteiger partial charge in [-0.05, 0) is 35.1 Å². The number of amides is 2. The molecule has 0 spiro atoms. The molecule has 1 saturated heterocycles. The molecule has 2 aromatic rings. The summed E-state index contributed by atoms with van der Waals surface area (Å²) in [5, 5.41) is 11.9. The van der Waals surface area contributed by atoms with E-state index in [1.165, 1.54) is 4.90 Å². The van der Waals surface area contributed by atoms with Crippen molar-refractivity contribution in [1.29, 1.82) is 0 Å². The molecule has 2 N–H and O–H groups in total. The van der Waals surface area contributed by atoms with Crippen molar-refractivity contribution in [3.8, 4) is 23.5 Å². The molecule has 33 heavy (non-hydrogen) atoms. The summed E-state index contributed by atoms with van der Waals surface area (Å²) in [6.07, 6.45) is 5.81. The third-order valence-corrected chi connectivity index (χ3v) is 6.34. The lowest BCUT2D eigenvalue weighted by Crippen LogP contribution is -2.52.